The zero-order chi connectivity index (χ0) is 17.4. The number of thiazole rings is 1. The third-order valence-corrected chi connectivity index (χ3v) is 4.61. The number of aromatic nitrogens is 2. The summed E-state index contributed by atoms with van der Waals surface area (Å²) in [6.07, 6.45) is 0. The van der Waals surface area contributed by atoms with Crippen molar-refractivity contribution in [1.82, 2.24) is 9.97 Å². The van der Waals surface area contributed by atoms with Crippen LogP contribution in [0.25, 0.3) is 21.7 Å². The van der Waals surface area contributed by atoms with E-state index < -0.39 is 5.82 Å². The van der Waals surface area contributed by atoms with Gasteiger partial charge in [-0.15, -0.1) is 0 Å². The Morgan fingerprint density at radius 2 is 1.96 bits per heavy atom. The first-order valence-corrected chi connectivity index (χ1v) is 7.99. The van der Waals surface area contributed by atoms with E-state index >= 15 is 0 Å². The van der Waals surface area contributed by atoms with Crippen molar-refractivity contribution in [2.75, 3.05) is 11.5 Å². The highest BCUT2D eigenvalue weighted by atomic mass is 35.5. The first kappa shape index (κ1) is 16.2. The molecule has 0 saturated carbocycles. The van der Waals surface area contributed by atoms with Gasteiger partial charge in [0.05, 0.1) is 16.3 Å². The number of anilines is 2. The van der Waals surface area contributed by atoms with Gasteiger partial charge in [0.15, 0.2) is 5.13 Å². The summed E-state index contributed by atoms with van der Waals surface area (Å²) in [5, 5.41) is 10.0. The Hall–Kier alpha value is -2.69. The number of aryl methyl sites for hydroxylation is 1. The van der Waals surface area contributed by atoms with Crippen LogP contribution < -0.4 is 11.5 Å². The number of nitrogens with two attached hydrogens (primary N) is 2. The van der Waals surface area contributed by atoms with E-state index in [-0.39, 0.29) is 16.4 Å². The molecule has 0 radical (unpaired) electrons. The van der Waals surface area contributed by atoms with Gasteiger partial charge in [0, 0.05) is 10.6 Å². The highest BCUT2D eigenvalue weighted by Gasteiger charge is 2.17. The molecule has 0 amide bonds. The molecule has 3 rings (SSSR count). The van der Waals surface area contributed by atoms with Crippen molar-refractivity contribution >= 4 is 33.9 Å². The van der Waals surface area contributed by atoms with Crippen LogP contribution in [-0.2, 0) is 0 Å². The van der Waals surface area contributed by atoms with Crippen molar-refractivity contribution in [2.24, 2.45) is 0 Å². The normalized spacial score (nSPS) is 10.6. The molecule has 0 spiro atoms. The molecule has 0 atom stereocenters. The van der Waals surface area contributed by atoms with E-state index in [9.17, 15) is 9.65 Å². The van der Waals surface area contributed by atoms with Gasteiger partial charge in [-0.2, -0.15) is 5.26 Å². The third kappa shape index (κ3) is 2.89. The molecular formula is C16H11ClFN5S. The smallest absolute Gasteiger partial charge is 0.180 e. The summed E-state index contributed by atoms with van der Waals surface area (Å²) in [6.45, 7) is 1.80. The quantitative estimate of drug-likeness (QED) is 0.719. The van der Waals surface area contributed by atoms with Gasteiger partial charge in [0.25, 0.3) is 0 Å². The van der Waals surface area contributed by atoms with Gasteiger partial charge >= 0.3 is 0 Å². The number of halogens is 2. The predicted molar refractivity (Wildman–Crippen MR) is 94.0 cm³/mol. The number of benzene rings is 1. The molecular weight excluding hydrogens is 349 g/mol. The van der Waals surface area contributed by atoms with Crippen LogP contribution >= 0.6 is 22.9 Å². The van der Waals surface area contributed by atoms with E-state index in [0.29, 0.717) is 27.6 Å². The minimum Gasteiger partial charge on any atom is -0.383 e. The van der Waals surface area contributed by atoms with Crippen LogP contribution in [0.2, 0.25) is 5.02 Å². The molecule has 0 aliphatic heterocycles. The molecule has 2 aromatic heterocycles. The topological polar surface area (TPSA) is 102 Å². The lowest BCUT2D eigenvalue weighted by molar-refractivity contribution is 0.628. The number of nitrogens with zero attached hydrogens (tertiary/aromatic N) is 3. The monoisotopic (exact) mass is 359 g/mol. The Balaban J connectivity index is 2.29. The second kappa shape index (κ2) is 6.07. The largest absolute Gasteiger partial charge is 0.383 e. The SMILES string of the molecule is Cc1nc(N)sc1-c1cc(-c2cc(F)cc(Cl)c2)c(C#N)c(N)n1. The van der Waals surface area contributed by atoms with Gasteiger partial charge in [-0.1, -0.05) is 22.9 Å². The van der Waals surface area contributed by atoms with Crippen LogP contribution in [0.15, 0.2) is 24.3 Å². The molecule has 24 heavy (non-hydrogen) atoms. The fourth-order valence-corrected chi connectivity index (χ4v) is 3.41. The molecule has 1 aromatic carbocycles. The third-order valence-electron chi connectivity index (χ3n) is 3.38. The van der Waals surface area contributed by atoms with Crippen LogP contribution in [0.4, 0.5) is 15.3 Å². The molecule has 0 aliphatic rings. The van der Waals surface area contributed by atoms with Crippen molar-refractivity contribution < 1.29 is 4.39 Å². The number of rotatable bonds is 2. The molecule has 5 nitrogen and oxygen atoms in total. The minimum absolute atomic E-state index is 0.0526. The van der Waals surface area contributed by atoms with Gasteiger partial charge < -0.3 is 11.5 Å². The van der Waals surface area contributed by atoms with E-state index in [1.807, 2.05) is 6.07 Å². The maximum absolute atomic E-state index is 13.7. The van der Waals surface area contributed by atoms with Crippen molar-refractivity contribution in [3.8, 4) is 27.8 Å². The molecule has 3 aromatic rings. The molecule has 0 unspecified atom stereocenters. The summed E-state index contributed by atoms with van der Waals surface area (Å²) in [5.41, 5.74) is 14.0. The van der Waals surface area contributed by atoms with E-state index in [0.717, 1.165) is 4.88 Å². The molecule has 0 aliphatic carbocycles. The lowest BCUT2D eigenvalue weighted by Crippen LogP contribution is -2.00. The summed E-state index contributed by atoms with van der Waals surface area (Å²) in [5.74, 6) is -0.451. The van der Waals surface area contributed by atoms with Crippen LogP contribution in [0.5, 0.6) is 0 Å². The fraction of sp³-hybridized carbons (Fsp3) is 0.0625. The van der Waals surface area contributed by atoms with Crippen LogP contribution in [0.3, 0.4) is 0 Å². The van der Waals surface area contributed by atoms with E-state index in [2.05, 4.69) is 9.97 Å². The maximum atomic E-state index is 13.7. The van der Waals surface area contributed by atoms with Gasteiger partial charge in [-0.05, 0) is 36.8 Å². The molecule has 2 heterocycles. The maximum Gasteiger partial charge on any atom is 0.180 e. The second-order valence-electron chi connectivity index (χ2n) is 5.05. The summed E-state index contributed by atoms with van der Waals surface area (Å²) in [6, 6.07) is 7.73. The lowest BCUT2D eigenvalue weighted by Gasteiger charge is -2.10. The Morgan fingerprint density at radius 1 is 1.21 bits per heavy atom. The summed E-state index contributed by atoms with van der Waals surface area (Å²) < 4.78 is 13.7. The first-order valence-electron chi connectivity index (χ1n) is 6.79. The van der Waals surface area contributed by atoms with Gasteiger partial charge in [0.1, 0.15) is 23.3 Å². The molecule has 0 saturated heterocycles. The van der Waals surface area contributed by atoms with Gasteiger partial charge in [-0.3, -0.25) is 0 Å². The number of nitriles is 1. The number of nitrogen functional groups attached to an aromatic ring is 2. The molecule has 4 N–H and O–H groups in total. The second-order valence-corrected chi connectivity index (χ2v) is 6.52. The van der Waals surface area contributed by atoms with E-state index in [1.54, 1.807) is 19.1 Å². The number of hydrogen-bond acceptors (Lipinski definition) is 6. The van der Waals surface area contributed by atoms with E-state index in [1.165, 1.54) is 23.5 Å². The summed E-state index contributed by atoms with van der Waals surface area (Å²) >= 11 is 7.19. The van der Waals surface area contributed by atoms with E-state index in [4.69, 9.17) is 23.1 Å². The van der Waals surface area contributed by atoms with Crippen molar-refractivity contribution in [1.29, 1.82) is 5.26 Å². The van der Waals surface area contributed by atoms with Crippen LogP contribution in [0, 0.1) is 24.1 Å². The standard InChI is InChI=1S/C16H11ClFN5S/c1-7-14(24-16(21)22-7)13-5-11(12(6-19)15(20)23-13)8-2-9(17)4-10(18)3-8/h2-5H,1H3,(H2,20,23)(H2,21,22). The molecule has 0 fully saturated rings. The minimum atomic E-state index is -0.503. The predicted octanol–water partition coefficient (Wildman–Crippen LogP) is 4.01. The van der Waals surface area contributed by atoms with Crippen LogP contribution in [0.1, 0.15) is 11.3 Å². The first-order chi connectivity index (χ1) is 11.4. The van der Waals surface area contributed by atoms with Gasteiger partial charge in [0.2, 0.25) is 0 Å². The lowest BCUT2D eigenvalue weighted by atomic mass is 9.99. The molecule has 0 bridgehead atoms. The fourth-order valence-electron chi connectivity index (χ4n) is 2.39. The Bertz CT molecular complexity index is 973. The van der Waals surface area contributed by atoms with Crippen molar-refractivity contribution in [3.05, 3.63) is 46.4 Å². The summed E-state index contributed by atoms with van der Waals surface area (Å²) in [7, 11) is 0. The Morgan fingerprint density at radius 3 is 2.54 bits per heavy atom. The van der Waals surface area contributed by atoms with Crippen molar-refractivity contribution in [2.45, 2.75) is 6.92 Å². The zero-order valence-corrected chi connectivity index (χ0v) is 14.0. The Kier molecular flexibility index (Phi) is 4.09. The number of hydrogen-bond donors (Lipinski definition) is 2. The molecule has 120 valence electrons. The average molecular weight is 360 g/mol. The van der Waals surface area contributed by atoms with Gasteiger partial charge in [-0.25, -0.2) is 14.4 Å². The molecule has 8 heteroatoms. The summed E-state index contributed by atoms with van der Waals surface area (Å²) in [4.78, 5) is 9.17. The van der Waals surface area contributed by atoms with Crippen LogP contribution in [-0.4, -0.2) is 9.97 Å². The average Bonchev–Trinajstić information content (AvgIpc) is 2.84. The van der Waals surface area contributed by atoms with Crippen molar-refractivity contribution in [3.63, 3.8) is 0 Å². The highest BCUT2D eigenvalue weighted by Crippen LogP contribution is 2.36. The number of pyridine rings is 1. The highest BCUT2D eigenvalue weighted by molar-refractivity contribution is 7.18. The Labute approximate surface area is 146 Å². The zero-order valence-electron chi connectivity index (χ0n) is 12.5.